The Labute approximate surface area is 245 Å². The van der Waals surface area contributed by atoms with Crippen LogP contribution in [0.5, 0.6) is 5.75 Å². The van der Waals surface area contributed by atoms with Gasteiger partial charge in [0, 0.05) is 22.6 Å². The van der Waals surface area contributed by atoms with Crippen molar-refractivity contribution in [1.82, 2.24) is 10.2 Å². The summed E-state index contributed by atoms with van der Waals surface area (Å²) in [6.45, 7) is 4.91. The summed E-state index contributed by atoms with van der Waals surface area (Å²) < 4.78 is 34.0. The average molecular weight is 607 g/mol. The van der Waals surface area contributed by atoms with Gasteiger partial charge in [0.1, 0.15) is 18.3 Å². The Hall–Kier alpha value is -3.27. The lowest BCUT2D eigenvalue weighted by Gasteiger charge is -2.33. The maximum Gasteiger partial charge on any atom is 0.264 e. The van der Waals surface area contributed by atoms with E-state index in [4.69, 9.17) is 27.9 Å². The van der Waals surface area contributed by atoms with Crippen molar-refractivity contribution in [3.63, 3.8) is 0 Å². The zero-order chi connectivity index (χ0) is 29.4. The number of amides is 2. The van der Waals surface area contributed by atoms with Gasteiger partial charge in [-0.1, -0.05) is 60.5 Å². The molecular weight excluding hydrogens is 573 g/mol. The first kappa shape index (κ1) is 31.3. The van der Waals surface area contributed by atoms with E-state index in [1.807, 2.05) is 19.9 Å². The van der Waals surface area contributed by atoms with Crippen molar-refractivity contribution in [2.45, 2.75) is 50.7 Å². The molecule has 0 fully saturated rings. The van der Waals surface area contributed by atoms with Gasteiger partial charge in [-0.15, -0.1) is 0 Å². The van der Waals surface area contributed by atoms with E-state index in [1.54, 1.807) is 43.3 Å². The maximum absolute atomic E-state index is 14.1. The van der Waals surface area contributed by atoms with Crippen LogP contribution in [0.4, 0.5) is 5.69 Å². The smallest absolute Gasteiger partial charge is 0.264 e. The number of ether oxygens (including phenoxy) is 1. The minimum Gasteiger partial charge on any atom is -0.497 e. The van der Waals surface area contributed by atoms with E-state index in [2.05, 4.69) is 5.32 Å². The van der Waals surface area contributed by atoms with Crippen LogP contribution in [0.1, 0.15) is 32.8 Å². The average Bonchev–Trinajstić information content (AvgIpc) is 2.91. The molecular formula is C29H33Cl2N3O5S. The number of halogens is 2. The lowest BCUT2D eigenvalue weighted by Crippen LogP contribution is -2.53. The van der Waals surface area contributed by atoms with Crippen LogP contribution in [0.3, 0.4) is 0 Å². The first-order chi connectivity index (χ1) is 19.0. The van der Waals surface area contributed by atoms with Crippen molar-refractivity contribution in [3.8, 4) is 5.75 Å². The third kappa shape index (κ3) is 7.90. The number of anilines is 1. The highest BCUT2D eigenvalue weighted by Crippen LogP contribution is 2.30. The zero-order valence-corrected chi connectivity index (χ0v) is 25.1. The number of hydrogen-bond acceptors (Lipinski definition) is 5. The molecule has 3 aromatic carbocycles. The van der Waals surface area contributed by atoms with E-state index in [1.165, 1.54) is 42.3 Å². The molecule has 0 aliphatic heterocycles. The van der Waals surface area contributed by atoms with Crippen molar-refractivity contribution < 1.29 is 22.7 Å². The maximum atomic E-state index is 14.1. The predicted octanol–water partition coefficient (Wildman–Crippen LogP) is 5.53. The zero-order valence-electron chi connectivity index (χ0n) is 22.8. The minimum atomic E-state index is -4.22. The monoisotopic (exact) mass is 605 g/mol. The molecule has 214 valence electrons. The van der Waals surface area contributed by atoms with Gasteiger partial charge >= 0.3 is 0 Å². The van der Waals surface area contributed by atoms with E-state index in [9.17, 15) is 18.0 Å². The van der Waals surface area contributed by atoms with Crippen molar-refractivity contribution in [1.29, 1.82) is 0 Å². The molecule has 0 aliphatic carbocycles. The number of nitrogens with one attached hydrogen (secondary N) is 1. The van der Waals surface area contributed by atoms with E-state index >= 15 is 0 Å². The second kappa shape index (κ2) is 13.9. The Morgan fingerprint density at radius 2 is 1.60 bits per heavy atom. The number of nitrogens with zero attached hydrogens (tertiary/aromatic N) is 2. The number of sulfonamides is 1. The molecule has 8 nitrogen and oxygen atoms in total. The summed E-state index contributed by atoms with van der Waals surface area (Å²) in [4.78, 5) is 28.7. The number of benzene rings is 3. The highest BCUT2D eigenvalue weighted by Gasteiger charge is 2.34. The largest absolute Gasteiger partial charge is 0.497 e. The highest BCUT2D eigenvalue weighted by molar-refractivity contribution is 7.92. The Balaban J connectivity index is 2.09. The fourth-order valence-electron chi connectivity index (χ4n) is 4.20. The van der Waals surface area contributed by atoms with E-state index in [0.29, 0.717) is 17.7 Å². The third-order valence-electron chi connectivity index (χ3n) is 6.05. The predicted molar refractivity (Wildman–Crippen MR) is 158 cm³/mol. The molecule has 0 heterocycles. The normalized spacial score (nSPS) is 12.1. The van der Waals surface area contributed by atoms with Crippen molar-refractivity contribution >= 4 is 50.7 Å². The van der Waals surface area contributed by atoms with Crippen LogP contribution in [-0.4, -0.2) is 50.9 Å². The van der Waals surface area contributed by atoms with Gasteiger partial charge in [0.15, 0.2) is 0 Å². The fraction of sp³-hybridized carbons (Fsp3) is 0.310. The first-order valence-electron chi connectivity index (χ1n) is 12.7. The molecule has 3 aromatic rings. The molecule has 0 spiro atoms. The standard InChI is InChI=1S/C29H33Cl2N3O5S/c1-5-27(29(36)32-20(2)3)33(18-21-10-9-11-25(14-21)39-4)28(35)19-34(24-16-22(30)15-23(31)17-24)40(37,38)26-12-7-6-8-13-26/h6-17,20,27H,5,18-19H2,1-4H3,(H,32,36). The summed E-state index contributed by atoms with van der Waals surface area (Å²) in [6, 6.07) is 18.2. The van der Waals surface area contributed by atoms with E-state index in [-0.39, 0.29) is 39.1 Å². The second-order valence-electron chi connectivity index (χ2n) is 9.41. The van der Waals surface area contributed by atoms with Crippen molar-refractivity contribution in [3.05, 3.63) is 88.4 Å². The molecule has 0 radical (unpaired) electrons. The van der Waals surface area contributed by atoms with E-state index < -0.39 is 28.5 Å². The van der Waals surface area contributed by atoms with Gasteiger partial charge in [0.05, 0.1) is 17.7 Å². The number of carbonyl (C=O) groups is 2. The molecule has 0 aliphatic rings. The number of methoxy groups -OCH3 is 1. The van der Waals surface area contributed by atoms with Gasteiger partial charge in [-0.05, 0) is 68.3 Å². The Kier molecular flexibility index (Phi) is 10.8. The molecule has 1 atom stereocenters. The summed E-state index contributed by atoms with van der Waals surface area (Å²) in [6.07, 6.45) is 0.308. The number of rotatable bonds is 12. The highest BCUT2D eigenvalue weighted by atomic mass is 35.5. The summed E-state index contributed by atoms with van der Waals surface area (Å²) >= 11 is 12.4. The molecule has 1 unspecified atom stereocenters. The van der Waals surface area contributed by atoms with Crippen LogP contribution >= 0.6 is 23.2 Å². The summed E-state index contributed by atoms with van der Waals surface area (Å²) in [5, 5.41) is 3.28. The Bertz CT molecular complexity index is 1410. The summed E-state index contributed by atoms with van der Waals surface area (Å²) in [5.41, 5.74) is 0.836. The molecule has 0 saturated heterocycles. The summed E-state index contributed by atoms with van der Waals surface area (Å²) in [7, 11) is -2.69. The summed E-state index contributed by atoms with van der Waals surface area (Å²) in [5.74, 6) is -0.326. The van der Waals surface area contributed by atoms with Crippen molar-refractivity contribution in [2.24, 2.45) is 0 Å². The first-order valence-corrected chi connectivity index (χ1v) is 14.9. The molecule has 0 aromatic heterocycles. The number of carbonyl (C=O) groups excluding carboxylic acids is 2. The molecule has 40 heavy (non-hydrogen) atoms. The second-order valence-corrected chi connectivity index (χ2v) is 12.1. The van der Waals surface area contributed by atoms with E-state index in [0.717, 1.165) is 4.31 Å². The minimum absolute atomic E-state index is 0.0113. The molecule has 11 heteroatoms. The fourth-order valence-corrected chi connectivity index (χ4v) is 6.13. The van der Waals surface area contributed by atoms with Crippen LogP contribution in [-0.2, 0) is 26.2 Å². The van der Waals surface area contributed by atoms with Crippen LogP contribution in [0.15, 0.2) is 77.7 Å². The lowest BCUT2D eigenvalue weighted by molar-refractivity contribution is -0.140. The van der Waals surface area contributed by atoms with Crippen LogP contribution in [0.25, 0.3) is 0 Å². The molecule has 0 saturated carbocycles. The molecule has 2 amide bonds. The number of hydrogen-bond donors (Lipinski definition) is 1. The van der Waals surface area contributed by atoms with Crippen LogP contribution in [0.2, 0.25) is 10.0 Å². The third-order valence-corrected chi connectivity index (χ3v) is 8.27. The quantitative estimate of drug-likeness (QED) is 0.293. The Morgan fingerprint density at radius 3 is 2.17 bits per heavy atom. The topological polar surface area (TPSA) is 96.0 Å². The van der Waals surface area contributed by atoms with Gasteiger partial charge in [-0.25, -0.2) is 8.42 Å². The van der Waals surface area contributed by atoms with Gasteiger partial charge in [0.2, 0.25) is 11.8 Å². The van der Waals surface area contributed by atoms with Gasteiger partial charge in [-0.2, -0.15) is 0 Å². The lowest BCUT2D eigenvalue weighted by atomic mass is 10.1. The van der Waals surface area contributed by atoms with Gasteiger partial charge in [0.25, 0.3) is 10.0 Å². The SMILES string of the molecule is CCC(C(=O)NC(C)C)N(Cc1cccc(OC)c1)C(=O)CN(c1cc(Cl)cc(Cl)c1)S(=O)(=O)c1ccccc1. The van der Waals surface area contributed by atoms with Gasteiger partial charge in [-0.3, -0.25) is 13.9 Å². The van der Waals surface area contributed by atoms with Crippen LogP contribution in [0, 0.1) is 0 Å². The molecule has 1 N–H and O–H groups in total. The van der Waals surface area contributed by atoms with Crippen LogP contribution < -0.4 is 14.4 Å². The molecule has 0 bridgehead atoms. The molecule has 3 rings (SSSR count). The van der Waals surface area contributed by atoms with Crippen molar-refractivity contribution in [2.75, 3.05) is 18.0 Å². The van der Waals surface area contributed by atoms with Gasteiger partial charge < -0.3 is 15.0 Å². The Morgan fingerprint density at radius 1 is 0.950 bits per heavy atom.